The van der Waals surface area contributed by atoms with Gasteiger partial charge in [0.05, 0.1) is 11.4 Å². The van der Waals surface area contributed by atoms with Crippen molar-refractivity contribution in [2.24, 2.45) is 0 Å². The minimum Gasteiger partial charge on any atom is -0.361 e. The van der Waals surface area contributed by atoms with Crippen LogP contribution in [0.15, 0.2) is 11.2 Å². The monoisotopic (exact) mass is 600 g/mol. The van der Waals surface area contributed by atoms with E-state index in [0.717, 1.165) is 6.26 Å². The first-order valence-electron chi connectivity index (χ1n) is 11.1. The van der Waals surface area contributed by atoms with Crippen LogP contribution in [0.25, 0.3) is 0 Å². The van der Waals surface area contributed by atoms with E-state index in [2.05, 4.69) is 29.9 Å². The molecule has 0 aliphatic rings. The number of nitriles is 1. The van der Waals surface area contributed by atoms with Crippen LogP contribution in [0.2, 0.25) is 10.2 Å². The number of nitrogens with zero attached hydrogens (tertiary/aromatic N) is 10. The van der Waals surface area contributed by atoms with E-state index in [4.69, 9.17) is 28.5 Å². The third-order valence-electron chi connectivity index (χ3n) is 4.49. The molecule has 3 rings (SSSR count). The minimum absolute atomic E-state index is 0.201. The Morgan fingerprint density at radius 2 is 1.36 bits per heavy atom. The zero-order chi connectivity index (χ0) is 30.2. The summed E-state index contributed by atoms with van der Waals surface area (Å²) in [5.41, 5.74) is 2.04. The van der Waals surface area contributed by atoms with Gasteiger partial charge in [-0.1, -0.05) is 23.2 Å². The predicted octanol–water partition coefficient (Wildman–Crippen LogP) is 3.27. The van der Waals surface area contributed by atoms with E-state index in [1.54, 1.807) is 63.7 Å². The number of halogens is 3. The molecule has 3 aromatic rings. The Morgan fingerprint density at radius 1 is 0.821 bits per heavy atom. The van der Waals surface area contributed by atoms with Gasteiger partial charge in [0.15, 0.2) is 11.0 Å². The van der Waals surface area contributed by atoms with Gasteiger partial charge in [-0.2, -0.15) is 24.6 Å². The molecule has 39 heavy (non-hydrogen) atoms. The molecule has 0 atom stereocenters. The Kier molecular flexibility index (Phi) is 12.2. The number of sulfone groups is 1. The van der Waals surface area contributed by atoms with Crippen molar-refractivity contribution in [1.29, 1.82) is 5.26 Å². The summed E-state index contributed by atoms with van der Waals surface area (Å²) in [4.78, 5) is 28.4. The van der Waals surface area contributed by atoms with Crippen LogP contribution in [0.3, 0.4) is 0 Å². The van der Waals surface area contributed by atoms with Gasteiger partial charge >= 0.3 is 0 Å². The first-order chi connectivity index (χ1) is 17.9. The zero-order valence-electron chi connectivity index (χ0n) is 23.4. The van der Waals surface area contributed by atoms with Crippen LogP contribution in [-0.2, 0) is 9.84 Å². The van der Waals surface area contributed by atoms with Crippen molar-refractivity contribution in [2.45, 2.75) is 25.9 Å². The lowest BCUT2D eigenvalue weighted by atomic mass is 10.3. The SMILES string of the molecule is Cc1cc(F)nc(N(C)C)n1.Cc1nc(N(C)C)nc(Cl)c1C#N.Cc1nc(S(C)(=O)=O)nc(N(C)C)c1Cl. The van der Waals surface area contributed by atoms with Crippen LogP contribution in [-0.4, -0.2) is 86.9 Å². The summed E-state index contributed by atoms with van der Waals surface area (Å²) in [5.74, 6) is 0.842. The third-order valence-corrected chi connectivity index (χ3v) is 6.05. The average Bonchev–Trinajstić information content (AvgIpc) is 2.79. The fraction of sp³-hybridized carbons (Fsp3) is 0.435. The molecule has 0 spiro atoms. The van der Waals surface area contributed by atoms with E-state index in [1.807, 2.05) is 20.2 Å². The van der Waals surface area contributed by atoms with Crippen LogP contribution >= 0.6 is 23.2 Å². The van der Waals surface area contributed by atoms with Crippen molar-refractivity contribution in [3.63, 3.8) is 0 Å². The zero-order valence-corrected chi connectivity index (χ0v) is 25.7. The van der Waals surface area contributed by atoms with Gasteiger partial charge in [0.25, 0.3) is 0 Å². The van der Waals surface area contributed by atoms with Crippen molar-refractivity contribution in [3.8, 4) is 6.07 Å². The summed E-state index contributed by atoms with van der Waals surface area (Å²) in [7, 11) is 7.24. The van der Waals surface area contributed by atoms with Crippen molar-refractivity contribution in [1.82, 2.24) is 29.9 Å². The number of aromatic nitrogens is 6. The second-order valence-electron chi connectivity index (χ2n) is 8.70. The molecule has 0 unspecified atom stereocenters. The van der Waals surface area contributed by atoms with E-state index in [0.29, 0.717) is 45.4 Å². The highest BCUT2D eigenvalue weighted by Crippen LogP contribution is 2.25. The number of hydrogen-bond acceptors (Lipinski definition) is 12. The molecule has 212 valence electrons. The Bertz CT molecular complexity index is 1420. The molecule has 0 radical (unpaired) electrons. The maximum absolute atomic E-state index is 12.6. The Labute approximate surface area is 238 Å². The molecular weight excluding hydrogens is 570 g/mol. The molecule has 3 heterocycles. The molecule has 0 aliphatic carbocycles. The van der Waals surface area contributed by atoms with E-state index in [-0.39, 0.29) is 10.3 Å². The van der Waals surface area contributed by atoms with Gasteiger partial charge in [-0.15, -0.1) is 0 Å². The van der Waals surface area contributed by atoms with E-state index >= 15 is 0 Å². The summed E-state index contributed by atoms with van der Waals surface area (Å²) in [5, 5.41) is 9.07. The van der Waals surface area contributed by atoms with Gasteiger partial charge in [0.2, 0.25) is 32.8 Å². The van der Waals surface area contributed by atoms with Gasteiger partial charge in [-0.3, -0.25) is 0 Å². The van der Waals surface area contributed by atoms with Gasteiger partial charge < -0.3 is 14.7 Å². The molecule has 0 amide bonds. The summed E-state index contributed by atoms with van der Waals surface area (Å²) in [6, 6.07) is 3.25. The minimum atomic E-state index is -3.41. The molecular formula is C23H31Cl2FN10O2S. The second-order valence-corrected chi connectivity index (χ2v) is 11.3. The lowest BCUT2D eigenvalue weighted by molar-refractivity contribution is 0.577. The lowest BCUT2D eigenvalue weighted by Gasteiger charge is -2.14. The summed E-state index contributed by atoms with van der Waals surface area (Å²) < 4.78 is 35.2. The maximum atomic E-state index is 12.6. The number of hydrogen-bond donors (Lipinski definition) is 0. The number of rotatable bonds is 4. The fourth-order valence-corrected chi connectivity index (χ4v) is 3.61. The third kappa shape index (κ3) is 10.0. The van der Waals surface area contributed by atoms with Crippen LogP contribution < -0.4 is 14.7 Å². The van der Waals surface area contributed by atoms with Crippen LogP contribution in [0.1, 0.15) is 22.6 Å². The van der Waals surface area contributed by atoms with Crippen molar-refractivity contribution in [3.05, 3.63) is 44.8 Å². The van der Waals surface area contributed by atoms with Gasteiger partial charge in [-0.05, 0) is 20.8 Å². The molecule has 0 fully saturated rings. The molecule has 0 aliphatic heterocycles. The molecule has 0 bridgehead atoms. The van der Waals surface area contributed by atoms with Gasteiger partial charge in [-0.25, -0.2) is 23.4 Å². The first-order valence-corrected chi connectivity index (χ1v) is 13.7. The van der Waals surface area contributed by atoms with E-state index < -0.39 is 15.8 Å². The highest BCUT2D eigenvalue weighted by Gasteiger charge is 2.17. The molecule has 12 nitrogen and oxygen atoms in total. The van der Waals surface area contributed by atoms with Crippen molar-refractivity contribution >= 4 is 50.8 Å². The van der Waals surface area contributed by atoms with E-state index in [9.17, 15) is 12.8 Å². The molecule has 16 heteroatoms. The first kappa shape index (κ1) is 33.6. The number of aryl methyl sites for hydroxylation is 3. The Morgan fingerprint density at radius 3 is 1.77 bits per heavy atom. The molecule has 0 saturated heterocycles. The predicted molar refractivity (Wildman–Crippen MR) is 151 cm³/mol. The van der Waals surface area contributed by atoms with Crippen molar-refractivity contribution < 1.29 is 12.8 Å². The van der Waals surface area contributed by atoms with Gasteiger partial charge in [0.1, 0.15) is 16.7 Å². The van der Waals surface area contributed by atoms with Crippen molar-refractivity contribution in [2.75, 3.05) is 63.2 Å². The van der Waals surface area contributed by atoms with Crippen LogP contribution in [0.5, 0.6) is 0 Å². The highest BCUT2D eigenvalue weighted by atomic mass is 35.5. The van der Waals surface area contributed by atoms with E-state index in [1.165, 1.54) is 6.07 Å². The topological polar surface area (TPSA) is 145 Å². The van der Waals surface area contributed by atoms with Crippen LogP contribution in [0, 0.1) is 38.1 Å². The van der Waals surface area contributed by atoms with Gasteiger partial charge in [0, 0.05) is 60.3 Å². The largest absolute Gasteiger partial charge is 0.361 e. The molecule has 0 N–H and O–H groups in total. The standard InChI is InChI=1S/C8H9ClN4.C8H12ClN3O2S.C7H10FN3/c1-5-6(4-10)7(9)12-8(11-5)13(2)3;1-5-6(9)7(12(2)3)11-8(10-5)15(4,13)14;1-5-4-6(8)10-7(9-5)11(2)3/h1-3H3;1-4H3;4H,1-3H3. The lowest BCUT2D eigenvalue weighted by Crippen LogP contribution is -2.15. The highest BCUT2D eigenvalue weighted by molar-refractivity contribution is 7.90. The molecule has 0 aromatic carbocycles. The summed E-state index contributed by atoms with van der Waals surface area (Å²) in [6.45, 7) is 5.11. The summed E-state index contributed by atoms with van der Waals surface area (Å²) >= 11 is 11.7. The van der Waals surface area contributed by atoms with Crippen LogP contribution in [0.4, 0.5) is 22.1 Å². The molecule has 0 saturated carbocycles. The smallest absolute Gasteiger partial charge is 0.249 e. The Balaban J connectivity index is 0.000000296. The normalized spacial score (nSPS) is 10.4. The fourth-order valence-electron chi connectivity index (χ4n) is 2.55. The number of anilines is 3. The average molecular weight is 602 g/mol. The maximum Gasteiger partial charge on any atom is 0.249 e. The Hall–Kier alpha value is -3.41. The summed E-state index contributed by atoms with van der Waals surface area (Å²) in [6.07, 6.45) is 1.06. The molecule has 3 aromatic heterocycles. The second kappa shape index (κ2) is 14.1. The quantitative estimate of drug-likeness (QED) is 0.320.